The van der Waals surface area contributed by atoms with Gasteiger partial charge in [0.15, 0.2) is 0 Å². The quantitative estimate of drug-likeness (QED) is 0.793. The first-order chi connectivity index (χ1) is 8.66. The van der Waals surface area contributed by atoms with Gasteiger partial charge in [-0.3, -0.25) is 9.78 Å². The Morgan fingerprint density at radius 1 is 1.28 bits per heavy atom. The Hall–Kier alpha value is -2.56. The predicted octanol–water partition coefficient (Wildman–Crippen LogP) is 1.34. The maximum atomic E-state index is 11.3. The third-order valence-electron chi connectivity index (χ3n) is 2.37. The molecule has 0 fully saturated rings. The number of ether oxygens (including phenoxy) is 1. The summed E-state index contributed by atoms with van der Waals surface area (Å²) in [5.74, 6) is -0.166. The average molecular weight is 243 g/mol. The van der Waals surface area contributed by atoms with Crippen LogP contribution in [0.15, 0.2) is 42.6 Å². The minimum Gasteiger partial charge on any atom is -0.486 e. The molecule has 1 aromatic heterocycles. The van der Waals surface area contributed by atoms with Gasteiger partial charge in [0.2, 0.25) is 0 Å². The number of rotatable bonds is 4. The Kier molecular flexibility index (Phi) is 3.43. The van der Waals surface area contributed by atoms with Crippen LogP contribution in [0.4, 0.5) is 5.69 Å². The van der Waals surface area contributed by atoms with Gasteiger partial charge in [-0.2, -0.15) is 0 Å². The lowest BCUT2D eigenvalue weighted by molar-refractivity contribution is 0.0996. The highest BCUT2D eigenvalue weighted by Crippen LogP contribution is 2.21. The van der Waals surface area contributed by atoms with Gasteiger partial charge < -0.3 is 16.2 Å². The molecule has 0 unspecified atom stereocenters. The highest BCUT2D eigenvalue weighted by Gasteiger charge is 2.10. The normalized spacial score (nSPS) is 10.0. The van der Waals surface area contributed by atoms with Crippen LogP contribution in [0.2, 0.25) is 0 Å². The van der Waals surface area contributed by atoms with Gasteiger partial charge in [0.1, 0.15) is 12.4 Å². The van der Waals surface area contributed by atoms with E-state index in [-0.39, 0.29) is 12.2 Å². The van der Waals surface area contributed by atoms with E-state index in [4.69, 9.17) is 16.2 Å². The van der Waals surface area contributed by atoms with Crippen LogP contribution in [-0.4, -0.2) is 10.9 Å². The first-order valence-corrected chi connectivity index (χ1v) is 5.39. The number of nitrogens with zero attached hydrogens (tertiary/aromatic N) is 1. The van der Waals surface area contributed by atoms with Crippen molar-refractivity contribution in [3.63, 3.8) is 0 Å². The van der Waals surface area contributed by atoms with E-state index in [0.717, 1.165) is 5.69 Å². The molecular formula is C13H13N3O2. The Morgan fingerprint density at radius 2 is 2.11 bits per heavy atom. The summed E-state index contributed by atoms with van der Waals surface area (Å²) in [6, 6.07) is 10.3. The fraction of sp³-hybridized carbons (Fsp3) is 0.0769. The molecule has 18 heavy (non-hydrogen) atoms. The molecule has 4 N–H and O–H groups in total. The molecule has 0 saturated heterocycles. The molecule has 0 saturated carbocycles. The fourth-order valence-corrected chi connectivity index (χ4v) is 1.50. The van der Waals surface area contributed by atoms with Crippen molar-refractivity contribution in [2.24, 2.45) is 5.73 Å². The summed E-state index contributed by atoms with van der Waals surface area (Å²) < 4.78 is 5.52. The lowest BCUT2D eigenvalue weighted by atomic mass is 10.1. The Balaban J connectivity index is 2.17. The van der Waals surface area contributed by atoms with E-state index in [0.29, 0.717) is 11.4 Å². The van der Waals surface area contributed by atoms with Crippen LogP contribution in [0.5, 0.6) is 5.75 Å². The van der Waals surface area contributed by atoms with Crippen molar-refractivity contribution in [2.75, 3.05) is 5.73 Å². The molecule has 0 aliphatic carbocycles. The van der Waals surface area contributed by atoms with Gasteiger partial charge in [0.25, 0.3) is 5.91 Å². The Bertz CT molecular complexity index is 555. The first kappa shape index (κ1) is 11.9. The number of carbonyl (C=O) groups is 1. The van der Waals surface area contributed by atoms with Crippen molar-refractivity contribution < 1.29 is 9.53 Å². The molecule has 0 spiro atoms. The molecule has 5 heteroatoms. The summed E-state index contributed by atoms with van der Waals surface area (Å²) in [6.45, 7) is 0.269. The number of benzene rings is 1. The standard InChI is InChI=1S/C13H13N3O2/c14-9-4-5-12(11(7-9)13(15)17)18-8-10-3-1-2-6-16-10/h1-7H,8,14H2,(H2,15,17). The summed E-state index contributed by atoms with van der Waals surface area (Å²) in [5.41, 5.74) is 12.4. The number of carbonyl (C=O) groups excluding carboxylic acids is 1. The van der Waals surface area contributed by atoms with E-state index in [1.165, 1.54) is 6.07 Å². The van der Waals surface area contributed by atoms with E-state index in [9.17, 15) is 4.79 Å². The van der Waals surface area contributed by atoms with Crippen molar-refractivity contribution >= 4 is 11.6 Å². The zero-order chi connectivity index (χ0) is 13.0. The number of hydrogen-bond donors (Lipinski definition) is 2. The number of primary amides is 1. The minimum atomic E-state index is -0.571. The van der Waals surface area contributed by atoms with Crippen LogP contribution in [0.3, 0.4) is 0 Å². The van der Waals surface area contributed by atoms with Crippen LogP contribution in [0, 0.1) is 0 Å². The molecular weight excluding hydrogens is 230 g/mol. The summed E-state index contributed by atoms with van der Waals surface area (Å²) in [7, 11) is 0. The van der Waals surface area contributed by atoms with Gasteiger partial charge in [-0.25, -0.2) is 0 Å². The smallest absolute Gasteiger partial charge is 0.252 e. The van der Waals surface area contributed by atoms with Crippen LogP contribution in [-0.2, 0) is 6.61 Å². The van der Waals surface area contributed by atoms with Crippen molar-refractivity contribution in [3.8, 4) is 5.75 Å². The molecule has 0 bridgehead atoms. The molecule has 2 rings (SSSR count). The van der Waals surface area contributed by atoms with Crippen LogP contribution < -0.4 is 16.2 Å². The molecule has 0 aliphatic rings. The molecule has 1 aromatic carbocycles. The molecule has 1 heterocycles. The van der Waals surface area contributed by atoms with E-state index in [1.807, 2.05) is 18.2 Å². The van der Waals surface area contributed by atoms with Crippen LogP contribution >= 0.6 is 0 Å². The number of amides is 1. The lowest BCUT2D eigenvalue weighted by Crippen LogP contribution is -2.13. The second-order valence-electron chi connectivity index (χ2n) is 3.73. The number of nitrogen functional groups attached to an aromatic ring is 1. The number of hydrogen-bond acceptors (Lipinski definition) is 4. The van der Waals surface area contributed by atoms with Crippen LogP contribution in [0.25, 0.3) is 0 Å². The van der Waals surface area contributed by atoms with Crippen molar-refractivity contribution in [2.45, 2.75) is 6.61 Å². The molecule has 0 radical (unpaired) electrons. The van der Waals surface area contributed by atoms with Gasteiger partial charge in [-0.05, 0) is 30.3 Å². The second-order valence-corrected chi connectivity index (χ2v) is 3.73. The topological polar surface area (TPSA) is 91.2 Å². The number of nitrogens with two attached hydrogens (primary N) is 2. The molecule has 0 atom stereocenters. The molecule has 0 aliphatic heterocycles. The molecule has 92 valence electrons. The van der Waals surface area contributed by atoms with Gasteiger partial charge in [-0.1, -0.05) is 6.07 Å². The van der Waals surface area contributed by atoms with E-state index in [2.05, 4.69) is 4.98 Å². The zero-order valence-electron chi connectivity index (χ0n) is 9.67. The lowest BCUT2D eigenvalue weighted by Gasteiger charge is -2.09. The third-order valence-corrected chi connectivity index (χ3v) is 2.37. The summed E-state index contributed by atoms with van der Waals surface area (Å²) in [6.07, 6.45) is 1.68. The maximum Gasteiger partial charge on any atom is 0.252 e. The predicted molar refractivity (Wildman–Crippen MR) is 67.9 cm³/mol. The van der Waals surface area contributed by atoms with E-state index in [1.54, 1.807) is 18.3 Å². The Labute approximate surface area is 104 Å². The van der Waals surface area contributed by atoms with Gasteiger partial charge >= 0.3 is 0 Å². The largest absolute Gasteiger partial charge is 0.486 e. The van der Waals surface area contributed by atoms with E-state index >= 15 is 0 Å². The summed E-state index contributed by atoms with van der Waals surface area (Å²) in [4.78, 5) is 15.4. The summed E-state index contributed by atoms with van der Waals surface area (Å²) in [5, 5.41) is 0. The van der Waals surface area contributed by atoms with Gasteiger partial charge in [0.05, 0.1) is 11.3 Å². The number of aromatic nitrogens is 1. The minimum absolute atomic E-state index is 0.269. The number of pyridine rings is 1. The van der Waals surface area contributed by atoms with Crippen molar-refractivity contribution in [3.05, 3.63) is 53.9 Å². The molecule has 1 amide bonds. The summed E-state index contributed by atoms with van der Waals surface area (Å²) >= 11 is 0. The Morgan fingerprint density at radius 3 is 2.78 bits per heavy atom. The van der Waals surface area contributed by atoms with Gasteiger partial charge in [-0.15, -0.1) is 0 Å². The van der Waals surface area contributed by atoms with E-state index < -0.39 is 5.91 Å². The molecule has 2 aromatic rings. The van der Waals surface area contributed by atoms with Crippen molar-refractivity contribution in [1.82, 2.24) is 4.98 Å². The van der Waals surface area contributed by atoms with Crippen LogP contribution in [0.1, 0.15) is 16.1 Å². The highest BCUT2D eigenvalue weighted by molar-refractivity contribution is 5.96. The SMILES string of the molecule is NC(=O)c1cc(N)ccc1OCc1ccccn1. The van der Waals surface area contributed by atoms with Gasteiger partial charge in [0, 0.05) is 11.9 Å². The third kappa shape index (κ3) is 2.76. The second kappa shape index (κ2) is 5.18. The maximum absolute atomic E-state index is 11.3. The average Bonchev–Trinajstić information content (AvgIpc) is 2.38. The highest BCUT2D eigenvalue weighted by atomic mass is 16.5. The zero-order valence-corrected chi connectivity index (χ0v) is 9.67. The number of anilines is 1. The molecule has 5 nitrogen and oxygen atoms in total. The first-order valence-electron chi connectivity index (χ1n) is 5.39. The monoisotopic (exact) mass is 243 g/mol. The van der Waals surface area contributed by atoms with Crippen molar-refractivity contribution in [1.29, 1.82) is 0 Å². The fourth-order valence-electron chi connectivity index (χ4n) is 1.50.